The minimum atomic E-state index is -0.129. The zero-order valence-corrected chi connectivity index (χ0v) is 16.2. The van der Waals surface area contributed by atoms with Crippen molar-refractivity contribution in [3.63, 3.8) is 0 Å². The molecule has 7 heteroatoms. The number of hydrogen-bond donors (Lipinski definition) is 1. The van der Waals surface area contributed by atoms with Gasteiger partial charge < -0.3 is 15.1 Å². The second-order valence-corrected chi connectivity index (χ2v) is 8.05. The number of hydrogen-bond acceptors (Lipinski definition) is 4. The molecule has 0 radical (unpaired) electrons. The van der Waals surface area contributed by atoms with E-state index >= 15 is 0 Å². The molecule has 26 heavy (non-hydrogen) atoms. The Bertz CT molecular complexity index is 653. The van der Waals surface area contributed by atoms with Gasteiger partial charge in [0.1, 0.15) is 11.0 Å². The summed E-state index contributed by atoms with van der Waals surface area (Å²) in [5.41, 5.74) is 0.443. The van der Waals surface area contributed by atoms with Gasteiger partial charge in [-0.2, -0.15) is 0 Å². The fourth-order valence-corrected chi connectivity index (χ4v) is 4.26. The van der Waals surface area contributed by atoms with Gasteiger partial charge in [-0.1, -0.05) is 11.6 Å². The number of amides is 2. The standard InChI is InChI=1S/C19H27ClN4O2/c1-23(2)19(26)16-3-4-17(22-18(16)20)24-7-5-13(6-8-24)9-14-10-15(11-14)21-12-25/h3-4,12-15H,5-11H2,1-2H3,(H,21,25). The summed E-state index contributed by atoms with van der Waals surface area (Å²) in [6, 6.07) is 4.06. The number of piperidine rings is 1. The third-order valence-corrected chi connectivity index (χ3v) is 5.90. The highest BCUT2D eigenvalue weighted by Gasteiger charge is 2.32. The summed E-state index contributed by atoms with van der Waals surface area (Å²) < 4.78 is 0. The van der Waals surface area contributed by atoms with E-state index in [1.165, 1.54) is 11.3 Å². The molecular weight excluding hydrogens is 352 g/mol. The zero-order valence-electron chi connectivity index (χ0n) is 15.4. The predicted molar refractivity (Wildman–Crippen MR) is 103 cm³/mol. The van der Waals surface area contributed by atoms with Gasteiger partial charge in [0.25, 0.3) is 5.91 Å². The van der Waals surface area contributed by atoms with Crippen molar-refractivity contribution < 1.29 is 9.59 Å². The number of rotatable bonds is 6. The van der Waals surface area contributed by atoms with Crippen molar-refractivity contribution >= 4 is 29.7 Å². The van der Waals surface area contributed by atoms with E-state index in [0.717, 1.165) is 62.8 Å². The smallest absolute Gasteiger partial charge is 0.256 e. The van der Waals surface area contributed by atoms with Crippen molar-refractivity contribution in [3.8, 4) is 0 Å². The molecule has 142 valence electrons. The number of anilines is 1. The van der Waals surface area contributed by atoms with Crippen molar-refractivity contribution in [1.82, 2.24) is 15.2 Å². The van der Waals surface area contributed by atoms with Crippen LogP contribution in [0.2, 0.25) is 5.15 Å². The minimum Gasteiger partial charge on any atom is -0.357 e. The van der Waals surface area contributed by atoms with Gasteiger partial charge in [0.15, 0.2) is 0 Å². The zero-order chi connectivity index (χ0) is 18.7. The van der Waals surface area contributed by atoms with E-state index in [4.69, 9.17) is 11.6 Å². The molecule has 0 bridgehead atoms. The molecule has 2 heterocycles. The number of carbonyl (C=O) groups is 2. The van der Waals surface area contributed by atoms with Gasteiger partial charge in [0.05, 0.1) is 5.56 Å². The molecule has 6 nitrogen and oxygen atoms in total. The Hall–Kier alpha value is -1.82. The molecule has 2 fully saturated rings. The summed E-state index contributed by atoms with van der Waals surface area (Å²) in [4.78, 5) is 30.7. The second kappa shape index (κ2) is 8.25. The fourth-order valence-electron chi connectivity index (χ4n) is 4.03. The lowest BCUT2D eigenvalue weighted by molar-refractivity contribution is -0.111. The summed E-state index contributed by atoms with van der Waals surface area (Å²) >= 11 is 6.23. The van der Waals surface area contributed by atoms with Crippen LogP contribution in [-0.2, 0) is 4.79 Å². The maximum absolute atomic E-state index is 12.1. The molecule has 1 aromatic heterocycles. The van der Waals surface area contributed by atoms with Crippen LogP contribution in [0.5, 0.6) is 0 Å². The topological polar surface area (TPSA) is 65.5 Å². The van der Waals surface area contributed by atoms with E-state index in [0.29, 0.717) is 11.6 Å². The van der Waals surface area contributed by atoms with Crippen LogP contribution in [0.4, 0.5) is 5.82 Å². The van der Waals surface area contributed by atoms with Crippen LogP contribution < -0.4 is 10.2 Å². The van der Waals surface area contributed by atoms with Gasteiger partial charge in [-0.25, -0.2) is 4.98 Å². The molecular formula is C19H27ClN4O2. The van der Waals surface area contributed by atoms with Crippen molar-refractivity contribution in [2.24, 2.45) is 11.8 Å². The molecule has 2 amide bonds. The van der Waals surface area contributed by atoms with Crippen LogP contribution >= 0.6 is 11.6 Å². The molecule has 1 aromatic rings. The number of carbonyl (C=O) groups excluding carboxylic acids is 2. The van der Waals surface area contributed by atoms with Gasteiger partial charge >= 0.3 is 0 Å². The Morgan fingerprint density at radius 1 is 1.31 bits per heavy atom. The first-order valence-electron chi connectivity index (χ1n) is 9.30. The highest BCUT2D eigenvalue weighted by Crippen LogP contribution is 2.36. The number of nitrogens with one attached hydrogen (secondary N) is 1. The lowest BCUT2D eigenvalue weighted by atomic mass is 9.73. The van der Waals surface area contributed by atoms with Crippen molar-refractivity contribution in [2.45, 2.75) is 38.1 Å². The highest BCUT2D eigenvalue weighted by atomic mass is 35.5. The average molecular weight is 379 g/mol. The SMILES string of the molecule is CN(C)C(=O)c1ccc(N2CCC(CC3CC(NC=O)C3)CC2)nc1Cl. The Labute approximate surface area is 159 Å². The summed E-state index contributed by atoms with van der Waals surface area (Å²) in [5, 5.41) is 3.14. The van der Waals surface area contributed by atoms with Crippen LogP contribution in [0.25, 0.3) is 0 Å². The molecule has 1 aliphatic heterocycles. The van der Waals surface area contributed by atoms with Crippen molar-refractivity contribution in [3.05, 3.63) is 22.8 Å². The van der Waals surface area contributed by atoms with Crippen LogP contribution in [-0.4, -0.2) is 55.4 Å². The normalized spacial score (nSPS) is 23.3. The molecule has 1 N–H and O–H groups in total. The Balaban J connectivity index is 1.50. The van der Waals surface area contributed by atoms with Crippen LogP contribution in [0.3, 0.4) is 0 Å². The van der Waals surface area contributed by atoms with Crippen molar-refractivity contribution in [1.29, 1.82) is 0 Å². The summed E-state index contributed by atoms with van der Waals surface area (Å²) in [7, 11) is 3.41. The first-order valence-corrected chi connectivity index (χ1v) is 9.68. The maximum atomic E-state index is 12.1. The average Bonchev–Trinajstić information content (AvgIpc) is 2.60. The van der Waals surface area contributed by atoms with Gasteiger partial charge in [0.2, 0.25) is 6.41 Å². The molecule has 0 unspecified atom stereocenters. The van der Waals surface area contributed by atoms with Gasteiger partial charge in [0, 0.05) is 33.2 Å². The summed E-state index contributed by atoms with van der Waals surface area (Å²) in [5.74, 6) is 2.23. The van der Waals surface area contributed by atoms with E-state index < -0.39 is 0 Å². The summed E-state index contributed by atoms with van der Waals surface area (Å²) in [6.07, 6.45) is 6.62. The predicted octanol–water partition coefficient (Wildman–Crippen LogP) is 2.57. The highest BCUT2D eigenvalue weighted by molar-refractivity contribution is 6.32. The summed E-state index contributed by atoms with van der Waals surface area (Å²) in [6.45, 7) is 1.94. The second-order valence-electron chi connectivity index (χ2n) is 7.69. The van der Waals surface area contributed by atoms with Gasteiger partial charge in [-0.15, -0.1) is 0 Å². The van der Waals surface area contributed by atoms with Gasteiger partial charge in [-0.3, -0.25) is 9.59 Å². The largest absolute Gasteiger partial charge is 0.357 e. The van der Waals surface area contributed by atoms with Gasteiger partial charge in [-0.05, 0) is 56.1 Å². The monoisotopic (exact) mass is 378 g/mol. The molecule has 1 aliphatic carbocycles. The molecule has 1 saturated carbocycles. The first kappa shape index (κ1) is 19.0. The Kier molecular flexibility index (Phi) is 6.01. The molecule has 0 aromatic carbocycles. The lowest BCUT2D eigenvalue weighted by Gasteiger charge is -2.39. The van der Waals surface area contributed by atoms with Crippen LogP contribution in [0.1, 0.15) is 42.5 Å². The van der Waals surface area contributed by atoms with E-state index in [1.807, 2.05) is 6.07 Å². The van der Waals surface area contributed by atoms with E-state index in [-0.39, 0.29) is 11.1 Å². The van der Waals surface area contributed by atoms with Crippen LogP contribution in [0.15, 0.2) is 12.1 Å². The third kappa shape index (κ3) is 4.29. The van der Waals surface area contributed by atoms with Crippen LogP contribution in [0, 0.1) is 11.8 Å². The molecule has 2 aliphatic rings. The van der Waals surface area contributed by atoms with E-state index in [9.17, 15) is 9.59 Å². The fraction of sp³-hybridized carbons (Fsp3) is 0.632. The number of pyridine rings is 1. The number of nitrogens with zero attached hydrogens (tertiary/aromatic N) is 3. The number of aromatic nitrogens is 1. The lowest BCUT2D eigenvalue weighted by Crippen LogP contribution is -2.42. The minimum absolute atomic E-state index is 0.129. The molecule has 0 atom stereocenters. The molecule has 0 spiro atoms. The van der Waals surface area contributed by atoms with Crippen molar-refractivity contribution in [2.75, 3.05) is 32.1 Å². The molecule has 3 rings (SSSR count). The first-order chi connectivity index (χ1) is 12.5. The molecule has 1 saturated heterocycles. The quantitative estimate of drug-likeness (QED) is 0.610. The number of halogens is 1. The third-order valence-electron chi connectivity index (χ3n) is 5.62. The maximum Gasteiger partial charge on any atom is 0.256 e. The van der Waals surface area contributed by atoms with E-state index in [1.54, 1.807) is 20.2 Å². The Morgan fingerprint density at radius 2 is 2.00 bits per heavy atom. The Morgan fingerprint density at radius 3 is 2.58 bits per heavy atom. The van der Waals surface area contributed by atoms with E-state index in [2.05, 4.69) is 15.2 Å².